The fraction of sp³-hybridized carbons (Fsp3) is 0.294. The quantitative estimate of drug-likeness (QED) is 0.696. The molecule has 6 heteroatoms. The molecule has 2 heterocycles. The molecule has 0 aliphatic heterocycles. The molecule has 0 saturated heterocycles. The van der Waals surface area contributed by atoms with Gasteiger partial charge in [0.25, 0.3) is 0 Å². The van der Waals surface area contributed by atoms with Gasteiger partial charge in [0.1, 0.15) is 35.0 Å². The Balaban J connectivity index is 1.55. The van der Waals surface area contributed by atoms with Crippen molar-refractivity contribution in [3.63, 3.8) is 0 Å². The Bertz CT molecular complexity index is 623. The Morgan fingerprint density at radius 1 is 0.739 bits per heavy atom. The van der Waals surface area contributed by atoms with Gasteiger partial charge >= 0.3 is 0 Å². The van der Waals surface area contributed by atoms with Crippen molar-refractivity contribution < 1.29 is 9.47 Å². The van der Waals surface area contributed by atoms with E-state index in [1.807, 2.05) is 12.1 Å². The van der Waals surface area contributed by atoms with Crippen LogP contribution < -0.4 is 9.47 Å². The van der Waals surface area contributed by atoms with Crippen LogP contribution in [0.2, 0.25) is 0 Å². The van der Waals surface area contributed by atoms with E-state index in [4.69, 9.17) is 20.0 Å². The smallest absolute Gasteiger partial charge is 0.140 e. The van der Waals surface area contributed by atoms with Crippen molar-refractivity contribution in [1.29, 1.82) is 10.5 Å². The van der Waals surface area contributed by atoms with E-state index in [1.165, 1.54) is 0 Å². The average Bonchev–Trinajstić information content (AvgIpc) is 2.62. The van der Waals surface area contributed by atoms with Crippen LogP contribution in [-0.4, -0.2) is 23.2 Å². The van der Waals surface area contributed by atoms with E-state index in [0.29, 0.717) is 36.1 Å². The molecule has 2 aromatic rings. The summed E-state index contributed by atoms with van der Waals surface area (Å²) in [6.45, 7) is 1.21. The van der Waals surface area contributed by atoms with Gasteiger partial charge in [-0.3, -0.25) is 0 Å². The maximum Gasteiger partial charge on any atom is 0.140 e. The molecule has 23 heavy (non-hydrogen) atoms. The van der Waals surface area contributed by atoms with Gasteiger partial charge in [-0.25, -0.2) is 9.97 Å². The maximum atomic E-state index is 8.65. The monoisotopic (exact) mass is 308 g/mol. The highest BCUT2D eigenvalue weighted by molar-refractivity contribution is 5.27. The summed E-state index contributed by atoms with van der Waals surface area (Å²) in [7, 11) is 0. The van der Waals surface area contributed by atoms with Gasteiger partial charge in [-0.1, -0.05) is 0 Å². The van der Waals surface area contributed by atoms with Crippen LogP contribution in [0.4, 0.5) is 0 Å². The number of ether oxygens (including phenoxy) is 2. The summed E-state index contributed by atoms with van der Waals surface area (Å²) in [6, 6.07) is 10.7. The van der Waals surface area contributed by atoms with E-state index >= 15 is 0 Å². The first-order valence-electron chi connectivity index (χ1n) is 7.30. The van der Waals surface area contributed by atoms with E-state index in [2.05, 4.69) is 9.97 Å². The van der Waals surface area contributed by atoms with Crippen molar-refractivity contribution in [2.24, 2.45) is 0 Å². The summed E-state index contributed by atoms with van der Waals surface area (Å²) in [4.78, 5) is 7.88. The van der Waals surface area contributed by atoms with Crippen LogP contribution in [0.25, 0.3) is 0 Å². The minimum atomic E-state index is 0.381. The number of aromatic nitrogens is 2. The third kappa shape index (κ3) is 5.64. The third-order valence-electron chi connectivity index (χ3n) is 3.03. The second-order valence-corrected chi connectivity index (χ2v) is 4.74. The molecule has 0 aromatic carbocycles. The Morgan fingerprint density at radius 2 is 1.22 bits per heavy atom. The van der Waals surface area contributed by atoms with Crippen LogP contribution in [0.15, 0.2) is 36.7 Å². The molecule has 6 nitrogen and oxygen atoms in total. The van der Waals surface area contributed by atoms with E-state index in [9.17, 15) is 0 Å². The summed E-state index contributed by atoms with van der Waals surface area (Å²) in [5, 5.41) is 17.3. The predicted octanol–water partition coefficient (Wildman–Crippen LogP) is 2.85. The minimum Gasteiger partial charge on any atom is -0.492 e. The zero-order valence-electron chi connectivity index (χ0n) is 12.6. The molecule has 0 spiro atoms. The zero-order valence-corrected chi connectivity index (χ0v) is 12.6. The molecule has 0 saturated carbocycles. The van der Waals surface area contributed by atoms with Gasteiger partial charge in [0, 0.05) is 0 Å². The van der Waals surface area contributed by atoms with Crippen molar-refractivity contribution in [1.82, 2.24) is 9.97 Å². The molecule has 2 aromatic heterocycles. The van der Waals surface area contributed by atoms with Crippen molar-refractivity contribution in [2.45, 2.75) is 19.3 Å². The Hall–Kier alpha value is -3.12. The zero-order chi connectivity index (χ0) is 16.3. The van der Waals surface area contributed by atoms with Crippen molar-refractivity contribution >= 4 is 0 Å². The predicted molar refractivity (Wildman–Crippen MR) is 82.7 cm³/mol. The first-order chi connectivity index (χ1) is 11.3. The largest absolute Gasteiger partial charge is 0.492 e. The third-order valence-corrected chi connectivity index (χ3v) is 3.03. The van der Waals surface area contributed by atoms with Gasteiger partial charge in [0.15, 0.2) is 0 Å². The van der Waals surface area contributed by atoms with Crippen LogP contribution in [0.3, 0.4) is 0 Å². The topological polar surface area (TPSA) is 91.8 Å². The van der Waals surface area contributed by atoms with Crippen molar-refractivity contribution in [2.75, 3.05) is 13.2 Å². The fourth-order valence-corrected chi connectivity index (χ4v) is 1.82. The highest BCUT2D eigenvalue weighted by atomic mass is 16.5. The van der Waals surface area contributed by atoms with Gasteiger partial charge in [-0.15, -0.1) is 0 Å². The van der Waals surface area contributed by atoms with E-state index in [0.717, 1.165) is 19.3 Å². The van der Waals surface area contributed by atoms with Crippen LogP contribution in [0, 0.1) is 22.7 Å². The van der Waals surface area contributed by atoms with Crippen molar-refractivity contribution in [3.8, 4) is 23.6 Å². The van der Waals surface area contributed by atoms with Gasteiger partial charge in [0.2, 0.25) is 0 Å². The number of nitrogens with zero attached hydrogens (tertiary/aromatic N) is 4. The number of pyridine rings is 2. The summed E-state index contributed by atoms with van der Waals surface area (Å²) in [6.07, 6.45) is 5.91. The molecule has 0 bridgehead atoms. The number of hydrogen-bond donors (Lipinski definition) is 0. The Morgan fingerprint density at radius 3 is 1.57 bits per heavy atom. The van der Waals surface area contributed by atoms with Gasteiger partial charge < -0.3 is 9.47 Å². The molecule has 0 N–H and O–H groups in total. The molecule has 0 aliphatic carbocycles. The molecular weight excluding hydrogens is 292 g/mol. The lowest BCUT2D eigenvalue weighted by Gasteiger charge is -2.07. The summed E-state index contributed by atoms with van der Waals surface area (Å²) >= 11 is 0. The Kier molecular flexibility index (Phi) is 6.37. The van der Waals surface area contributed by atoms with Crippen LogP contribution in [0.5, 0.6) is 11.5 Å². The maximum absolute atomic E-state index is 8.65. The summed E-state index contributed by atoms with van der Waals surface area (Å²) in [5.74, 6) is 1.34. The fourth-order valence-electron chi connectivity index (χ4n) is 1.82. The lowest BCUT2D eigenvalue weighted by Crippen LogP contribution is -2.01. The second-order valence-electron chi connectivity index (χ2n) is 4.74. The van der Waals surface area contributed by atoms with Gasteiger partial charge in [-0.2, -0.15) is 10.5 Å². The van der Waals surface area contributed by atoms with Crippen LogP contribution >= 0.6 is 0 Å². The van der Waals surface area contributed by atoms with E-state index in [1.54, 1.807) is 36.7 Å². The summed E-state index contributed by atoms with van der Waals surface area (Å²) < 4.78 is 11.1. The average molecular weight is 308 g/mol. The van der Waals surface area contributed by atoms with E-state index < -0.39 is 0 Å². The number of hydrogen-bond acceptors (Lipinski definition) is 6. The highest BCUT2D eigenvalue weighted by Crippen LogP contribution is 2.11. The standard InChI is InChI=1S/C17H16N4O2/c18-10-14-4-6-16(12-20-14)22-8-2-1-3-9-23-17-7-5-15(11-19)21-13-17/h4-7,12-13H,1-3,8-9H2. The van der Waals surface area contributed by atoms with Gasteiger partial charge in [0.05, 0.1) is 25.6 Å². The minimum absolute atomic E-state index is 0.381. The lowest BCUT2D eigenvalue weighted by molar-refractivity contribution is 0.278. The van der Waals surface area contributed by atoms with Crippen LogP contribution in [0.1, 0.15) is 30.7 Å². The van der Waals surface area contributed by atoms with Crippen molar-refractivity contribution in [3.05, 3.63) is 48.0 Å². The Labute approximate surface area is 134 Å². The molecule has 0 unspecified atom stereocenters. The molecule has 0 radical (unpaired) electrons. The SMILES string of the molecule is N#Cc1ccc(OCCCCCOc2ccc(C#N)nc2)cn1. The summed E-state index contributed by atoms with van der Waals surface area (Å²) in [5.41, 5.74) is 0.763. The highest BCUT2D eigenvalue weighted by Gasteiger charge is 1.98. The van der Waals surface area contributed by atoms with Crippen LogP contribution in [-0.2, 0) is 0 Å². The number of unbranched alkanes of at least 4 members (excludes halogenated alkanes) is 2. The molecule has 0 fully saturated rings. The molecule has 2 rings (SSSR count). The molecule has 0 aliphatic rings. The first kappa shape index (κ1) is 16.3. The first-order valence-corrected chi connectivity index (χ1v) is 7.30. The van der Waals surface area contributed by atoms with Gasteiger partial charge in [-0.05, 0) is 43.5 Å². The van der Waals surface area contributed by atoms with E-state index in [-0.39, 0.29) is 0 Å². The molecule has 116 valence electrons. The number of rotatable bonds is 8. The lowest BCUT2D eigenvalue weighted by atomic mass is 10.2. The number of nitriles is 2. The normalized spacial score (nSPS) is 9.65. The molecule has 0 atom stereocenters. The molecule has 0 amide bonds. The second kappa shape index (κ2) is 9.01. The molecular formula is C17H16N4O2.